The lowest BCUT2D eigenvalue weighted by Gasteiger charge is -2.05. The number of carbonyl (C=O) groups excluding carboxylic acids is 1. The second kappa shape index (κ2) is 10.8. The van der Waals surface area contributed by atoms with Crippen molar-refractivity contribution in [2.75, 3.05) is 6.61 Å². The average molecular weight is 307 g/mol. The Kier molecular flexibility index (Phi) is 8.88. The zero-order valence-electron chi connectivity index (χ0n) is 13.3. The van der Waals surface area contributed by atoms with E-state index in [0.717, 1.165) is 12.8 Å². The van der Waals surface area contributed by atoms with Crippen LogP contribution in [0.3, 0.4) is 0 Å². The third kappa shape index (κ3) is 7.20. The number of benzene rings is 1. The minimum atomic E-state index is -0.490. The molecule has 0 fully saturated rings. The third-order valence-electron chi connectivity index (χ3n) is 3.54. The number of rotatable bonds is 11. The van der Waals surface area contributed by atoms with Gasteiger partial charge >= 0.3 is 5.97 Å². The second-order valence-electron chi connectivity index (χ2n) is 5.41. The van der Waals surface area contributed by atoms with Crippen molar-refractivity contribution in [3.8, 4) is 0 Å². The van der Waals surface area contributed by atoms with Gasteiger partial charge in [0.1, 0.15) is 0 Å². The van der Waals surface area contributed by atoms with Gasteiger partial charge in [0.2, 0.25) is 0 Å². The number of ether oxygens (including phenoxy) is 1. The molecular formula is C17H25NO4. The lowest BCUT2D eigenvalue weighted by molar-refractivity contribution is -0.384. The number of nitro benzene ring substituents is 1. The summed E-state index contributed by atoms with van der Waals surface area (Å²) in [5.41, 5.74) is 0.324. The summed E-state index contributed by atoms with van der Waals surface area (Å²) in [5, 5.41) is 10.5. The molecule has 0 aliphatic carbocycles. The highest BCUT2D eigenvalue weighted by Crippen LogP contribution is 2.13. The highest BCUT2D eigenvalue weighted by Gasteiger charge is 2.10. The van der Waals surface area contributed by atoms with E-state index >= 15 is 0 Å². The van der Waals surface area contributed by atoms with Crippen LogP contribution in [0.15, 0.2) is 24.3 Å². The molecule has 0 bridgehead atoms. The van der Waals surface area contributed by atoms with Crippen LogP contribution in [0.5, 0.6) is 0 Å². The number of non-ortho nitro benzene ring substituents is 1. The van der Waals surface area contributed by atoms with Crippen LogP contribution in [-0.2, 0) is 4.74 Å². The SMILES string of the molecule is CCCCCCCCCCOC(=O)c1ccc([N+](=O)[O-])cc1. The zero-order valence-corrected chi connectivity index (χ0v) is 13.3. The summed E-state index contributed by atoms with van der Waals surface area (Å²) in [5.74, 6) is -0.419. The van der Waals surface area contributed by atoms with Gasteiger partial charge in [0.15, 0.2) is 0 Å². The van der Waals surface area contributed by atoms with Gasteiger partial charge in [-0.2, -0.15) is 0 Å². The van der Waals surface area contributed by atoms with Crippen LogP contribution in [0.1, 0.15) is 68.6 Å². The summed E-state index contributed by atoms with van der Waals surface area (Å²) in [6, 6.07) is 5.47. The lowest BCUT2D eigenvalue weighted by Crippen LogP contribution is -2.06. The van der Waals surface area contributed by atoms with E-state index in [1.165, 1.54) is 62.8 Å². The first-order chi connectivity index (χ1) is 10.6. The summed E-state index contributed by atoms with van der Waals surface area (Å²) >= 11 is 0. The summed E-state index contributed by atoms with van der Waals surface area (Å²) in [6.07, 6.45) is 9.54. The maximum Gasteiger partial charge on any atom is 0.338 e. The van der Waals surface area contributed by atoms with Gasteiger partial charge in [0.05, 0.1) is 17.1 Å². The van der Waals surface area contributed by atoms with Crippen molar-refractivity contribution < 1.29 is 14.5 Å². The monoisotopic (exact) mass is 307 g/mol. The van der Waals surface area contributed by atoms with Crippen LogP contribution in [0, 0.1) is 10.1 Å². The van der Waals surface area contributed by atoms with Crippen molar-refractivity contribution in [3.05, 3.63) is 39.9 Å². The zero-order chi connectivity index (χ0) is 16.2. The van der Waals surface area contributed by atoms with Gasteiger partial charge in [-0.1, -0.05) is 51.9 Å². The quantitative estimate of drug-likeness (QED) is 0.252. The molecule has 0 saturated carbocycles. The Labute approximate surface area is 131 Å². The van der Waals surface area contributed by atoms with Crippen molar-refractivity contribution in [2.24, 2.45) is 0 Å². The molecule has 0 saturated heterocycles. The first kappa shape index (κ1) is 18.1. The number of nitrogens with zero attached hydrogens (tertiary/aromatic N) is 1. The van der Waals surface area contributed by atoms with E-state index in [9.17, 15) is 14.9 Å². The molecule has 22 heavy (non-hydrogen) atoms. The Morgan fingerprint density at radius 2 is 1.55 bits per heavy atom. The molecule has 0 N–H and O–H groups in total. The molecule has 0 atom stereocenters. The summed E-state index contributed by atoms with van der Waals surface area (Å²) in [4.78, 5) is 21.8. The van der Waals surface area contributed by atoms with Crippen molar-refractivity contribution >= 4 is 11.7 Å². The fraction of sp³-hybridized carbons (Fsp3) is 0.588. The highest BCUT2D eigenvalue weighted by atomic mass is 16.6. The van der Waals surface area contributed by atoms with E-state index in [0.29, 0.717) is 12.2 Å². The lowest BCUT2D eigenvalue weighted by atomic mass is 10.1. The maximum atomic E-state index is 11.7. The van der Waals surface area contributed by atoms with E-state index < -0.39 is 10.9 Å². The molecule has 1 rings (SSSR count). The summed E-state index contributed by atoms with van der Waals surface area (Å²) in [7, 11) is 0. The highest BCUT2D eigenvalue weighted by molar-refractivity contribution is 5.89. The van der Waals surface area contributed by atoms with Gasteiger partial charge in [-0.25, -0.2) is 4.79 Å². The number of nitro groups is 1. The number of unbranched alkanes of at least 4 members (excludes halogenated alkanes) is 7. The molecule has 0 spiro atoms. The fourth-order valence-electron chi connectivity index (χ4n) is 2.20. The minimum Gasteiger partial charge on any atom is -0.462 e. The molecule has 0 amide bonds. The molecule has 1 aromatic carbocycles. The largest absolute Gasteiger partial charge is 0.462 e. The van der Waals surface area contributed by atoms with Gasteiger partial charge in [-0.3, -0.25) is 10.1 Å². The number of carbonyl (C=O) groups is 1. The Balaban J connectivity index is 2.12. The predicted molar refractivity (Wildman–Crippen MR) is 86.0 cm³/mol. The Hall–Kier alpha value is -1.91. The molecule has 0 heterocycles. The van der Waals surface area contributed by atoms with E-state index in [2.05, 4.69) is 6.92 Å². The Morgan fingerprint density at radius 3 is 2.09 bits per heavy atom. The molecule has 0 aromatic heterocycles. The van der Waals surface area contributed by atoms with Crippen molar-refractivity contribution in [1.82, 2.24) is 0 Å². The van der Waals surface area contributed by atoms with Gasteiger partial charge in [-0.05, 0) is 18.6 Å². The molecule has 0 aliphatic rings. The predicted octanol–water partition coefficient (Wildman–Crippen LogP) is 4.89. The van der Waals surface area contributed by atoms with Gasteiger partial charge in [-0.15, -0.1) is 0 Å². The van der Waals surface area contributed by atoms with Gasteiger partial charge in [0, 0.05) is 12.1 Å². The number of esters is 1. The molecule has 5 nitrogen and oxygen atoms in total. The van der Waals surface area contributed by atoms with Crippen LogP contribution in [0.2, 0.25) is 0 Å². The van der Waals surface area contributed by atoms with Crippen molar-refractivity contribution in [2.45, 2.75) is 58.3 Å². The third-order valence-corrected chi connectivity index (χ3v) is 3.54. The van der Waals surface area contributed by atoms with Gasteiger partial charge in [0.25, 0.3) is 5.69 Å². The molecule has 1 aromatic rings. The average Bonchev–Trinajstić information content (AvgIpc) is 2.53. The molecule has 0 aliphatic heterocycles. The van der Waals surface area contributed by atoms with E-state index in [4.69, 9.17) is 4.74 Å². The van der Waals surface area contributed by atoms with Gasteiger partial charge < -0.3 is 4.74 Å². The first-order valence-electron chi connectivity index (χ1n) is 8.06. The Bertz CT molecular complexity index is 456. The van der Waals surface area contributed by atoms with Crippen molar-refractivity contribution in [3.63, 3.8) is 0 Å². The topological polar surface area (TPSA) is 69.4 Å². The molecular weight excluding hydrogens is 282 g/mol. The van der Waals surface area contributed by atoms with Crippen LogP contribution < -0.4 is 0 Å². The molecule has 0 unspecified atom stereocenters. The second-order valence-corrected chi connectivity index (χ2v) is 5.41. The molecule has 0 radical (unpaired) electrons. The summed E-state index contributed by atoms with van der Waals surface area (Å²) in [6.45, 7) is 2.62. The number of hydrogen-bond donors (Lipinski definition) is 0. The maximum absolute atomic E-state index is 11.7. The first-order valence-corrected chi connectivity index (χ1v) is 8.06. The van der Waals surface area contributed by atoms with Crippen LogP contribution in [0.25, 0.3) is 0 Å². The normalized spacial score (nSPS) is 10.4. The Morgan fingerprint density at radius 1 is 1.00 bits per heavy atom. The number of hydrogen-bond acceptors (Lipinski definition) is 4. The molecule has 122 valence electrons. The van der Waals surface area contributed by atoms with Crippen molar-refractivity contribution in [1.29, 1.82) is 0 Å². The molecule has 5 heteroatoms. The summed E-state index contributed by atoms with van der Waals surface area (Å²) < 4.78 is 5.16. The van der Waals surface area contributed by atoms with E-state index in [1.807, 2.05) is 0 Å². The van der Waals surface area contributed by atoms with Crippen LogP contribution >= 0.6 is 0 Å². The van der Waals surface area contributed by atoms with E-state index in [1.54, 1.807) is 0 Å². The standard InChI is InChI=1S/C17H25NO4/c1-2-3-4-5-6-7-8-9-14-22-17(19)15-10-12-16(13-11-15)18(20)21/h10-13H,2-9,14H2,1H3. The minimum absolute atomic E-state index is 0.0281. The van der Waals surface area contributed by atoms with Crippen LogP contribution in [0.4, 0.5) is 5.69 Å². The fourth-order valence-corrected chi connectivity index (χ4v) is 2.20. The smallest absolute Gasteiger partial charge is 0.338 e. The van der Waals surface area contributed by atoms with Crippen LogP contribution in [-0.4, -0.2) is 17.5 Å². The van der Waals surface area contributed by atoms with E-state index in [-0.39, 0.29) is 5.69 Å².